The van der Waals surface area contributed by atoms with E-state index in [0.29, 0.717) is 16.8 Å². The summed E-state index contributed by atoms with van der Waals surface area (Å²) in [5.74, 6) is -0.907. The van der Waals surface area contributed by atoms with E-state index in [1.165, 1.54) is 36.4 Å². The van der Waals surface area contributed by atoms with Gasteiger partial charge in [0.2, 0.25) is 15.9 Å². The summed E-state index contributed by atoms with van der Waals surface area (Å²) < 4.78 is 40.7. The van der Waals surface area contributed by atoms with Gasteiger partial charge in [0.05, 0.1) is 10.8 Å². The summed E-state index contributed by atoms with van der Waals surface area (Å²) in [5, 5.41) is 2.71. The number of hydrogen-bond donors (Lipinski definition) is 2. The van der Waals surface area contributed by atoms with Gasteiger partial charge in [0.25, 0.3) is 0 Å². The molecule has 1 amide bonds. The quantitative estimate of drug-likeness (QED) is 0.892. The summed E-state index contributed by atoms with van der Waals surface area (Å²) in [4.78, 5) is 11.8. The first-order valence-corrected chi connectivity index (χ1v) is 8.99. The molecule has 1 heterocycles. The van der Waals surface area contributed by atoms with Gasteiger partial charge in [-0.05, 0) is 55.3 Å². The second-order valence-corrected chi connectivity index (χ2v) is 7.57. The van der Waals surface area contributed by atoms with E-state index in [-0.39, 0.29) is 22.5 Å². The number of anilines is 1. The number of amides is 1. The average molecular weight is 348 g/mol. The van der Waals surface area contributed by atoms with E-state index >= 15 is 0 Å². The molecule has 24 heavy (non-hydrogen) atoms. The van der Waals surface area contributed by atoms with Crippen molar-refractivity contribution in [3.63, 3.8) is 0 Å². The lowest BCUT2D eigenvalue weighted by molar-refractivity contribution is -0.116. The first-order chi connectivity index (χ1) is 11.3. The SMILES string of the molecule is C[C@@H](NS(=O)(=O)c1ccc2c(c1)[C@@H](C)C(=O)N2)c1ccc(F)cc1. The molecule has 1 aliphatic rings. The van der Waals surface area contributed by atoms with Gasteiger partial charge in [-0.3, -0.25) is 4.79 Å². The molecular formula is C17H17FN2O3S. The van der Waals surface area contributed by atoms with Crippen LogP contribution >= 0.6 is 0 Å². The summed E-state index contributed by atoms with van der Waals surface area (Å²) in [5.41, 5.74) is 1.96. The van der Waals surface area contributed by atoms with Gasteiger partial charge >= 0.3 is 0 Å². The highest BCUT2D eigenvalue weighted by molar-refractivity contribution is 7.89. The fourth-order valence-electron chi connectivity index (χ4n) is 2.68. The van der Waals surface area contributed by atoms with Gasteiger partial charge in [0.1, 0.15) is 5.82 Å². The first-order valence-electron chi connectivity index (χ1n) is 7.50. The Hall–Kier alpha value is -2.25. The largest absolute Gasteiger partial charge is 0.325 e. The van der Waals surface area contributed by atoms with Crippen molar-refractivity contribution in [1.82, 2.24) is 4.72 Å². The third kappa shape index (κ3) is 3.05. The van der Waals surface area contributed by atoms with E-state index in [1.807, 2.05) is 0 Å². The Labute approximate surface area is 139 Å². The zero-order valence-electron chi connectivity index (χ0n) is 13.2. The lowest BCUT2D eigenvalue weighted by atomic mass is 10.0. The maximum absolute atomic E-state index is 13.0. The van der Waals surface area contributed by atoms with Crippen LogP contribution in [0.25, 0.3) is 0 Å². The second kappa shape index (κ2) is 5.99. The zero-order chi connectivity index (χ0) is 17.5. The van der Waals surface area contributed by atoms with Crippen LogP contribution in [0.5, 0.6) is 0 Å². The summed E-state index contributed by atoms with van der Waals surface area (Å²) >= 11 is 0. The number of benzene rings is 2. The van der Waals surface area contributed by atoms with Gasteiger partial charge in [0.15, 0.2) is 0 Å². The number of nitrogens with one attached hydrogen (secondary N) is 2. The van der Waals surface area contributed by atoms with Crippen LogP contribution in [-0.4, -0.2) is 14.3 Å². The normalized spacial score (nSPS) is 18.1. The molecule has 2 aromatic rings. The maximum atomic E-state index is 13.0. The number of carbonyl (C=O) groups is 1. The van der Waals surface area contributed by atoms with Gasteiger partial charge in [-0.15, -0.1) is 0 Å². The Morgan fingerprint density at radius 2 is 1.83 bits per heavy atom. The molecular weight excluding hydrogens is 331 g/mol. The summed E-state index contributed by atoms with van der Waals surface area (Å²) in [6.07, 6.45) is 0. The second-order valence-electron chi connectivity index (χ2n) is 5.85. The maximum Gasteiger partial charge on any atom is 0.241 e. The van der Waals surface area contributed by atoms with Crippen molar-refractivity contribution in [2.24, 2.45) is 0 Å². The third-order valence-electron chi connectivity index (χ3n) is 4.15. The molecule has 2 N–H and O–H groups in total. The number of carbonyl (C=O) groups excluding carboxylic acids is 1. The topological polar surface area (TPSA) is 75.3 Å². The smallest absolute Gasteiger partial charge is 0.241 e. The van der Waals surface area contributed by atoms with Gasteiger partial charge in [-0.25, -0.2) is 17.5 Å². The molecule has 126 valence electrons. The number of hydrogen-bond acceptors (Lipinski definition) is 3. The summed E-state index contributed by atoms with van der Waals surface area (Å²) in [6.45, 7) is 3.41. The van der Waals surface area contributed by atoms with E-state index < -0.39 is 16.1 Å². The van der Waals surface area contributed by atoms with Crippen LogP contribution in [-0.2, 0) is 14.8 Å². The molecule has 0 aliphatic carbocycles. The molecule has 0 fully saturated rings. The van der Waals surface area contributed by atoms with Gasteiger partial charge in [0, 0.05) is 11.7 Å². The van der Waals surface area contributed by atoms with Crippen molar-refractivity contribution in [3.05, 3.63) is 59.4 Å². The van der Waals surface area contributed by atoms with Crippen LogP contribution in [0.4, 0.5) is 10.1 Å². The molecule has 2 atom stereocenters. The fourth-order valence-corrected chi connectivity index (χ4v) is 3.95. The minimum absolute atomic E-state index is 0.0959. The van der Waals surface area contributed by atoms with Crippen molar-refractivity contribution >= 4 is 21.6 Å². The zero-order valence-corrected chi connectivity index (χ0v) is 14.0. The number of halogens is 1. The Morgan fingerprint density at radius 3 is 2.50 bits per heavy atom. The molecule has 2 aromatic carbocycles. The van der Waals surface area contributed by atoms with Crippen molar-refractivity contribution in [2.45, 2.75) is 30.7 Å². The lowest BCUT2D eigenvalue weighted by Gasteiger charge is -2.15. The Morgan fingerprint density at radius 1 is 1.17 bits per heavy atom. The molecule has 5 nitrogen and oxygen atoms in total. The molecule has 0 saturated heterocycles. The average Bonchev–Trinajstić information content (AvgIpc) is 2.82. The minimum atomic E-state index is -3.76. The highest BCUT2D eigenvalue weighted by atomic mass is 32.2. The molecule has 0 radical (unpaired) electrons. The van der Waals surface area contributed by atoms with Crippen LogP contribution in [0.3, 0.4) is 0 Å². The molecule has 7 heteroatoms. The van der Waals surface area contributed by atoms with Crippen LogP contribution in [0.15, 0.2) is 47.4 Å². The standard InChI is InChI=1S/C17H17FN2O3S/c1-10-15-9-14(7-8-16(15)19-17(10)21)24(22,23)20-11(2)12-3-5-13(18)6-4-12/h3-11,20H,1-2H3,(H,19,21)/t10-,11-/m1/s1. The Kier molecular flexibility index (Phi) is 4.15. The minimum Gasteiger partial charge on any atom is -0.325 e. The molecule has 3 rings (SSSR count). The highest BCUT2D eigenvalue weighted by Gasteiger charge is 2.28. The number of fused-ring (bicyclic) bond motifs is 1. The van der Waals surface area contributed by atoms with Crippen LogP contribution in [0.2, 0.25) is 0 Å². The molecule has 0 unspecified atom stereocenters. The number of sulfonamides is 1. The van der Waals surface area contributed by atoms with Crippen LogP contribution in [0.1, 0.15) is 36.9 Å². The van der Waals surface area contributed by atoms with Crippen molar-refractivity contribution in [2.75, 3.05) is 5.32 Å². The molecule has 0 saturated carbocycles. The van der Waals surface area contributed by atoms with Crippen molar-refractivity contribution in [1.29, 1.82) is 0 Å². The Balaban J connectivity index is 1.86. The Bertz CT molecular complexity index is 895. The van der Waals surface area contributed by atoms with E-state index in [0.717, 1.165) is 0 Å². The monoisotopic (exact) mass is 348 g/mol. The van der Waals surface area contributed by atoms with Gasteiger partial charge in [-0.1, -0.05) is 12.1 Å². The highest BCUT2D eigenvalue weighted by Crippen LogP contribution is 2.33. The van der Waals surface area contributed by atoms with E-state index in [9.17, 15) is 17.6 Å². The van der Waals surface area contributed by atoms with E-state index in [4.69, 9.17) is 0 Å². The summed E-state index contributed by atoms with van der Waals surface area (Å²) in [7, 11) is -3.76. The molecule has 0 aromatic heterocycles. The third-order valence-corrected chi connectivity index (χ3v) is 5.69. The fraction of sp³-hybridized carbons (Fsp3) is 0.235. The van der Waals surface area contributed by atoms with Crippen LogP contribution < -0.4 is 10.0 Å². The van der Waals surface area contributed by atoms with Gasteiger partial charge in [-0.2, -0.15) is 0 Å². The first kappa shape index (κ1) is 16.6. The lowest BCUT2D eigenvalue weighted by Crippen LogP contribution is -2.27. The van der Waals surface area contributed by atoms with E-state index in [1.54, 1.807) is 19.9 Å². The van der Waals surface area contributed by atoms with Crippen LogP contribution in [0, 0.1) is 5.82 Å². The van der Waals surface area contributed by atoms with Crippen molar-refractivity contribution < 1.29 is 17.6 Å². The summed E-state index contributed by atoms with van der Waals surface area (Å²) in [6, 6.07) is 9.69. The molecule has 0 spiro atoms. The number of rotatable bonds is 4. The van der Waals surface area contributed by atoms with Crippen molar-refractivity contribution in [3.8, 4) is 0 Å². The predicted octanol–water partition coefficient (Wildman–Crippen LogP) is 2.92. The van der Waals surface area contributed by atoms with Gasteiger partial charge < -0.3 is 5.32 Å². The molecule has 1 aliphatic heterocycles. The van der Waals surface area contributed by atoms with E-state index in [2.05, 4.69) is 10.0 Å². The predicted molar refractivity (Wildman–Crippen MR) is 88.6 cm³/mol. The molecule has 0 bridgehead atoms.